The molecule has 0 radical (unpaired) electrons. The van der Waals surface area contributed by atoms with E-state index in [0.29, 0.717) is 37.8 Å². The number of fused-ring (bicyclic) bond motifs is 2. The average Bonchev–Trinajstić information content (AvgIpc) is 2.91. The number of hydrogen-bond acceptors (Lipinski definition) is 6. The number of anilines is 1. The Labute approximate surface area is 188 Å². The van der Waals surface area contributed by atoms with Crippen LogP contribution in [0.1, 0.15) is 40.3 Å². The summed E-state index contributed by atoms with van der Waals surface area (Å²) >= 11 is 2.31. The van der Waals surface area contributed by atoms with Crippen molar-refractivity contribution in [3.63, 3.8) is 0 Å². The minimum absolute atomic E-state index is 0.0535. The zero-order chi connectivity index (χ0) is 22.1. The van der Waals surface area contributed by atoms with Gasteiger partial charge in [0.15, 0.2) is 0 Å². The first-order valence-corrected chi connectivity index (χ1v) is 11.8. The molecule has 0 spiro atoms. The first kappa shape index (κ1) is 21.6. The topological polar surface area (TPSA) is 84.3 Å². The molecule has 1 aliphatic rings. The first-order valence-electron chi connectivity index (χ1n) is 10.2. The summed E-state index contributed by atoms with van der Waals surface area (Å²) in [5.74, 6) is 0.512. The molecular formula is C22H24N4O3S2. The van der Waals surface area contributed by atoms with Crippen molar-refractivity contribution < 1.29 is 9.59 Å². The lowest BCUT2D eigenvalue weighted by Gasteiger charge is -2.13. The predicted molar refractivity (Wildman–Crippen MR) is 126 cm³/mol. The Morgan fingerprint density at radius 1 is 1.19 bits per heavy atom. The molecular weight excluding hydrogens is 432 g/mol. The van der Waals surface area contributed by atoms with E-state index in [2.05, 4.69) is 5.32 Å². The number of thiophene rings is 1. The molecule has 2 amide bonds. The number of aromatic nitrogens is 2. The number of para-hydroxylation sites is 1. The molecule has 162 valence electrons. The van der Waals surface area contributed by atoms with Crippen LogP contribution in [0.2, 0.25) is 0 Å². The van der Waals surface area contributed by atoms with Gasteiger partial charge >= 0.3 is 0 Å². The highest BCUT2D eigenvalue weighted by Gasteiger charge is 2.23. The minimum atomic E-state index is -0.301. The maximum absolute atomic E-state index is 13.1. The van der Waals surface area contributed by atoms with Crippen molar-refractivity contribution in [1.29, 1.82) is 0 Å². The van der Waals surface area contributed by atoms with Crippen molar-refractivity contribution >= 4 is 50.1 Å². The van der Waals surface area contributed by atoms with Crippen LogP contribution in [0.5, 0.6) is 0 Å². The van der Waals surface area contributed by atoms with Crippen molar-refractivity contribution in [2.45, 2.75) is 44.0 Å². The standard InChI is InChI=1S/C22H24N4O3S2/c1-13-17-20(24-16-11-5-4-8-12-26(16)21(17)28)31-18(13)19(27)23-14-9-6-7-10-15(14)30-22(29)25(2)3/h6-7,9-10H,4-5,8,11-12H2,1-3H3,(H,23,27). The van der Waals surface area contributed by atoms with Crippen molar-refractivity contribution in [1.82, 2.24) is 14.5 Å². The van der Waals surface area contributed by atoms with Crippen LogP contribution in [-0.4, -0.2) is 39.7 Å². The average molecular weight is 457 g/mol. The molecule has 3 heterocycles. The Morgan fingerprint density at radius 2 is 1.97 bits per heavy atom. The molecule has 9 heteroatoms. The van der Waals surface area contributed by atoms with E-state index in [1.807, 2.05) is 12.1 Å². The van der Waals surface area contributed by atoms with Gasteiger partial charge in [-0.2, -0.15) is 0 Å². The number of amides is 2. The SMILES string of the molecule is Cc1c(C(=O)Nc2ccccc2SC(=O)N(C)C)sc2nc3n(c(=O)c12)CCCCC3. The van der Waals surface area contributed by atoms with E-state index >= 15 is 0 Å². The van der Waals surface area contributed by atoms with Crippen molar-refractivity contribution in [2.75, 3.05) is 19.4 Å². The third-order valence-electron chi connectivity index (χ3n) is 5.32. The van der Waals surface area contributed by atoms with E-state index in [4.69, 9.17) is 4.98 Å². The molecule has 1 aromatic carbocycles. The zero-order valence-electron chi connectivity index (χ0n) is 17.7. The fourth-order valence-electron chi connectivity index (χ4n) is 3.65. The Bertz CT molecular complexity index is 1230. The van der Waals surface area contributed by atoms with E-state index in [1.165, 1.54) is 16.2 Å². The van der Waals surface area contributed by atoms with E-state index < -0.39 is 0 Å². The predicted octanol–water partition coefficient (Wildman–Crippen LogP) is 4.52. The molecule has 0 saturated carbocycles. The van der Waals surface area contributed by atoms with Crippen LogP contribution in [-0.2, 0) is 13.0 Å². The summed E-state index contributed by atoms with van der Waals surface area (Å²) in [5.41, 5.74) is 1.16. The van der Waals surface area contributed by atoms with Crippen molar-refractivity contribution in [3.8, 4) is 0 Å². The van der Waals surface area contributed by atoms with Gasteiger partial charge in [0.2, 0.25) is 0 Å². The number of rotatable bonds is 3. The number of thioether (sulfide) groups is 1. The Morgan fingerprint density at radius 3 is 2.74 bits per heavy atom. The summed E-state index contributed by atoms with van der Waals surface area (Å²) in [6, 6.07) is 7.19. The summed E-state index contributed by atoms with van der Waals surface area (Å²) in [5, 5.41) is 3.32. The van der Waals surface area contributed by atoms with Crippen LogP contribution >= 0.6 is 23.1 Å². The normalized spacial score (nSPS) is 13.5. The second-order valence-corrected chi connectivity index (χ2v) is 9.74. The number of carbonyl (C=O) groups excluding carboxylic acids is 2. The Kier molecular flexibility index (Phi) is 6.15. The van der Waals surface area contributed by atoms with Crippen LogP contribution < -0.4 is 10.9 Å². The van der Waals surface area contributed by atoms with Gasteiger partial charge in [-0.05, 0) is 49.2 Å². The summed E-state index contributed by atoms with van der Waals surface area (Å²) in [6.07, 6.45) is 3.87. The molecule has 4 rings (SSSR count). The van der Waals surface area contributed by atoms with Gasteiger partial charge < -0.3 is 10.2 Å². The molecule has 0 fully saturated rings. The monoisotopic (exact) mass is 456 g/mol. The van der Waals surface area contributed by atoms with Gasteiger partial charge in [0, 0.05) is 32.0 Å². The molecule has 2 aromatic heterocycles. The second kappa shape index (κ2) is 8.84. The van der Waals surface area contributed by atoms with Gasteiger partial charge in [-0.15, -0.1) is 11.3 Å². The number of benzene rings is 1. The Hall–Kier alpha value is -2.65. The molecule has 7 nitrogen and oxygen atoms in total. The molecule has 1 aliphatic heterocycles. The lowest BCUT2D eigenvalue weighted by Crippen LogP contribution is -2.24. The number of aryl methyl sites for hydroxylation is 2. The van der Waals surface area contributed by atoms with E-state index in [-0.39, 0.29) is 16.7 Å². The fraction of sp³-hybridized carbons (Fsp3) is 0.364. The van der Waals surface area contributed by atoms with Crippen molar-refractivity contribution in [3.05, 3.63) is 50.9 Å². The Balaban J connectivity index is 1.68. The van der Waals surface area contributed by atoms with Crippen LogP contribution in [0.25, 0.3) is 10.2 Å². The third-order valence-corrected chi connectivity index (χ3v) is 7.62. The largest absolute Gasteiger partial charge is 0.339 e. The van der Waals surface area contributed by atoms with Crippen LogP contribution in [0.15, 0.2) is 34.0 Å². The highest BCUT2D eigenvalue weighted by Crippen LogP contribution is 2.32. The number of nitrogens with one attached hydrogen (secondary N) is 1. The van der Waals surface area contributed by atoms with E-state index in [9.17, 15) is 14.4 Å². The molecule has 0 aliphatic carbocycles. The summed E-state index contributed by atoms with van der Waals surface area (Å²) < 4.78 is 1.77. The fourth-order valence-corrected chi connectivity index (χ4v) is 5.48. The molecule has 3 aromatic rings. The smallest absolute Gasteiger partial charge is 0.286 e. The van der Waals surface area contributed by atoms with E-state index in [1.54, 1.807) is 37.7 Å². The van der Waals surface area contributed by atoms with Gasteiger partial charge in [0.25, 0.3) is 16.7 Å². The molecule has 31 heavy (non-hydrogen) atoms. The van der Waals surface area contributed by atoms with Crippen LogP contribution in [0.3, 0.4) is 0 Å². The summed E-state index contributed by atoms with van der Waals surface area (Å²) in [6.45, 7) is 2.48. The summed E-state index contributed by atoms with van der Waals surface area (Å²) in [7, 11) is 3.37. The number of nitrogens with zero attached hydrogens (tertiary/aromatic N) is 3. The quantitative estimate of drug-likeness (QED) is 0.586. The number of hydrogen-bond donors (Lipinski definition) is 1. The molecule has 1 N–H and O–H groups in total. The highest BCUT2D eigenvalue weighted by molar-refractivity contribution is 8.13. The lowest BCUT2D eigenvalue weighted by molar-refractivity contribution is 0.103. The van der Waals surface area contributed by atoms with Gasteiger partial charge in [-0.25, -0.2) is 4.98 Å². The molecule has 0 unspecified atom stereocenters. The summed E-state index contributed by atoms with van der Waals surface area (Å²) in [4.78, 5) is 46.3. The first-order chi connectivity index (χ1) is 14.9. The van der Waals surface area contributed by atoms with Gasteiger partial charge in [-0.1, -0.05) is 18.6 Å². The molecule has 0 bridgehead atoms. The van der Waals surface area contributed by atoms with Crippen molar-refractivity contribution in [2.24, 2.45) is 0 Å². The van der Waals surface area contributed by atoms with Gasteiger partial charge in [0.1, 0.15) is 10.7 Å². The van der Waals surface area contributed by atoms with Crippen LogP contribution in [0.4, 0.5) is 10.5 Å². The molecule has 0 saturated heterocycles. The van der Waals surface area contributed by atoms with Crippen LogP contribution in [0, 0.1) is 6.92 Å². The third kappa shape index (κ3) is 4.24. The maximum Gasteiger partial charge on any atom is 0.286 e. The van der Waals surface area contributed by atoms with Gasteiger partial charge in [-0.3, -0.25) is 19.0 Å². The maximum atomic E-state index is 13.1. The molecule has 0 atom stereocenters. The highest BCUT2D eigenvalue weighted by atomic mass is 32.2. The lowest BCUT2D eigenvalue weighted by atomic mass is 10.2. The number of carbonyl (C=O) groups is 2. The van der Waals surface area contributed by atoms with Gasteiger partial charge in [0.05, 0.1) is 16.0 Å². The second-order valence-electron chi connectivity index (χ2n) is 7.74. The minimum Gasteiger partial charge on any atom is -0.339 e. The van der Waals surface area contributed by atoms with E-state index in [0.717, 1.165) is 43.3 Å². The zero-order valence-corrected chi connectivity index (χ0v) is 19.4.